The van der Waals surface area contributed by atoms with Gasteiger partial charge in [0.15, 0.2) is 6.10 Å². The average Bonchev–Trinajstić information content (AvgIpc) is 2.73. The highest BCUT2D eigenvalue weighted by Crippen LogP contribution is 2.30. The van der Waals surface area contributed by atoms with Crippen LogP contribution in [0.2, 0.25) is 0 Å². The van der Waals surface area contributed by atoms with Gasteiger partial charge in [0.2, 0.25) is 6.10 Å². The molecule has 90 valence electrons. The highest BCUT2D eigenvalue weighted by molar-refractivity contribution is 7.79. The summed E-state index contributed by atoms with van der Waals surface area (Å²) < 4.78 is 15.4. The van der Waals surface area contributed by atoms with Gasteiger partial charge in [-0.3, -0.25) is 0 Å². The van der Waals surface area contributed by atoms with Gasteiger partial charge in [-0.1, -0.05) is 30.3 Å². The molecule has 0 bridgehead atoms. The van der Waals surface area contributed by atoms with Gasteiger partial charge in [-0.15, -0.1) is 0 Å². The fraction of sp³-hybridized carbons (Fsp3) is 0.333. The normalized spacial score (nSPS) is 22.8. The van der Waals surface area contributed by atoms with E-state index in [1.54, 1.807) is 6.92 Å². The molecule has 0 N–H and O–H groups in total. The molecular weight excluding hydrogens is 240 g/mol. The quantitative estimate of drug-likeness (QED) is 0.608. The van der Waals surface area contributed by atoms with Crippen molar-refractivity contribution < 1.29 is 19.0 Å². The molecule has 4 nitrogen and oxygen atoms in total. The van der Waals surface area contributed by atoms with Crippen LogP contribution in [0.15, 0.2) is 30.3 Å². The van der Waals surface area contributed by atoms with Crippen molar-refractivity contribution in [1.29, 1.82) is 0 Å². The Morgan fingerprint density at radius 1 is 1.35 bits per heavy atom. The number of carbonyl (C=O) groups excluding carboxylic acids is 1. The molecule has 0 spiro atoms. The molecule has 0 aliphatic carbocycles. The first-order valence-electron chi connectivity index (χ1n) is 5.31. The van der Waals surface area contributed by atoms with Crippen LogP contribution in [0.1, 0.15) is 18.6 Å². The Balaban J connectivity index is 2.20. The number of benzene rings is 1. The molecule has 0 radical (unpaired) electrons. The third-order valence-corrected chi connectivity index (χ3v) is 2.56. The predicted octanol–water partition coefficient (Wildman–Crippen LogP) is 1.99. The number of carbonyl (C=O) groups is 1. The van der Waals surface area contributed by atoms with Crippen molar-refractivity contribution in [1.82, 2.24) is 0 Å². The Bertz CT molecular complexity index is 418. The fourth-order valence-corrected chi connectivity index (χ4v) is 1.85. The third-order valence-electron chi connectivity index (χ3n) is 2.37. The fourth-order valence-electron chi connectivity index (χ4n) is 1.64. The first kappa shape index (κ1) is 11.9. The minimum atomic E-state index is -0.815. The summed E-state index contributed by atoms with van der Waals surface area (Å²) in [6, 6.07) is 9.32. The number of hydrogen-bond donors (Lipinski definition) is 0. The Morgan fingerprint density at radius 2 is 2.06 bits per heavy atom. The van der Waals surface area contributed by atoms with E-state index in [2.05, 4.69) is 0 Å². The minimum Gasteiger partial charge on any atom is -0.463 e. The van der Waals surface area contributed by atoms with Gasteiger partial charge >= 0.3 is 11.2 Å². The zero-order valence-corrected chi connectivity index (χ0v) is 10.1. The summed E-state index contributed by atoms with van der Waals surface area (Å²) in [5, 5.41) is -0.0168. The molecule has 1 fully saturated rings. The van der Waals surface area contributed by atoms with Crippen LogP contribution in [0.5, 0.6) is 0 Å². The molecule has 1 aromatic carbocycles. The predicted molar refractivity (Wildman–Crippen MR) is 64.4 cm³/mol. The van der Waals surface area contributed by atoms with Gasteiger partial charge in [0.1, 0.15) is 0 Å². The van der Waals surface area contributed by atoms with E-state index in [0.29, 0.717) is 6.61 Å². The Morgan fingerprint density at radius 3 is 2.71 bits per heavy atom. The molecule has 2 atom stereocenters. The summed E-state index contributed by atoms with van der Waals surface area (Å²) in [6.07, 6.45) is -1.34. The SMILES string of the molecule is CCOC(=O)C1OC(=S)OC1c1ccccc1. The van der Waals surface area contributed by atoms with Gasteiger partial charge in [-0.05, 0) is 12.5 Å². The summed E-state index contributed by atoms with van der Waals surface area (Å²) in [6.45, 7) is 2.04. The van der Waals surface area contributed by atoms with E-state index in [9.17, 15) is 4.79 Å². The van der Waals surface area contributed by atoms with Crippen LogP contribution in [-0.4, -0.2) is 23.9 Å². The van der Waals surface area contributed by atoms with Crippen LogP contribution in [0.25, 0.3) is 0 Å². The molecule has 5 heteroatoms. The maximum absolute atomic E-state index is 11.7. The molecule has 2 rings (SSSR count). The van der Waals surface area contributed by atoms with E-state index in [-0.39, 0.29) is 5.24 Å². The monoisotopic (exact) mass is 252 g/mol. The Labute approximate surface area is 104 Å². The van der Waals surface area contributed by atoms with Crippen molar-refractivity contribution in [3.8, 4) is 0 Å². The zero-order valence-electron chi connectivity index (χ0n) is 9.29. The summed E-state index contributed by atoms with van der Waals surface area (Å²) in [5.41, 5.74) is 0.838. The molecule has 0 aromatic heterocycles. The van der Waals surface area contributed by atoms with E-state index in [1.165, 1.54) is 0 Å². The number of rotatable bonds is 3. The highest BCUT2D eigenvalue weighted by Gasteiger charge is 2.41. The molecule has 1 heterocycles. The standard InChI is InChI=1S/C12H12O4S/c1-2-14-11(13)10-9(15-12(17)16-10)8-6-4-3-5-7-8/h3-7,9-10H,2H2,1H3. The Kier molecular flexibility index (Phi) is 3.58. The second kappa shape index (κ2) is 5.14. The first-order valence-corrected chi connectivity index (χ1v) is 5.72. The number of hydrogen-bond acceptors (Lipinski definition) is 5. The maximum Gasteiger partial charge on any atom is 0.354 e. The molecule has 1 aliphatic rings. The van der Waals surface area contributed by atoms with Crippen molar-refractivity contribution in [2.24, 2.45) is 0 Å². The van der Waals surface area contributed by atoms with Crippen LogP contribution < -0.4 is 0 Å². The van der Waals surface area contributed by atoms with E-state index >= 15 is 0 Å². The second-order valence-electron chi connectivity index (χ2n) is 3.49. The average molecular weight is 252 g/mol. The first-order chi connectivity index (χ1) is 8.22. The van der Waals surface area contributed by atoms with E-state index in [4.69, 9.17) is 26.4 Å². The van der Waals surface area contributed by atoms with Crippen molar-refractivity contribution in [2.75, 3.05) is 6.61 Å². The van der Waals surface area contributed by atoms with Gasteiger partial charge < -0.3 is 14.2 Å². The van der Waals surface area contributed by atoms with Gasteiger partial charge in [0, 0.05) is 12.2 Å². The molecular formula is C12H12O4S. The Hall–Kier alpha value is -1.62. The molecule has 0 amide bonds. The number of thiocarbonyl (C=S) groups is 1. The van der Waals surface area contributed by atoms with Gasteiger partial charge in [-0.2, -0.15) is 0 Å². The molecule has 0 saturated carbocycles. The van der Waals surface area contributed by atoms with Crippen LogP contribution in [-0.2, 0) is 19.0 Å². The lowest BCUT2D eigenvalue weighted by molar-refractivity contribution is -0.152. The van der Waals surface area contributed by atoms with Crippen molar-refractivity contribution in [2.45, 2.75) is 19.1 Å². The second-order valence-corrected chi connectivity index (χ2v) is 3.82. The van der Waals surface area contributed by atoms with Crippen LogP contribution in [0.3, 0.4) is 0 Å². The van der Waals surface area contributed by atoms with Crippen LogP contribution in [0.4, 0.5) is 0 Å². The van der Waals surface area contributed by atoms with Crippen molar-refractivity contribution >= 4 is 23.4 Å². The summed E-state index contributed by atoms with van der Waals surface area (Å²) in [7, 11) is 0. The lowest BCUT2D eigenvalue weighted by atomic mass is 10.0. The summed E-state index contributed by atoms with van der Waals surface area (Å²) in [4.78, 5) is 11.7. The number of esters is 1. The minimum absolute atomic E-state index is 0.0168. The molecule has 2 unspecified atom stereocenters. The topological polar surface area (TPSA) is 44.8 Å². The van der Waals surface area contributed by atoms with Gasteiger partial charge in [0.25, 0.3) is 0 Å². The third kappa shape index (κ3) is 2.55. The zero-order chi connectivity index (χ0) is 12.3. The van der Waals surface area contributed by atoms with E-state index in [0.717, 1.165) is 5.56 Å². The number of ether oxygens (including phenoxy) is 3. The maximum atomic E-state index is 11.7. The molecule has 1 saturated heterocycles. The molecule has 17 heavy (non-hydrogen) atoms. The largest absolute Gasteiger partial charge is 0.463 e. The van der Waals surface area contributed by atoms with Crippen molar-refractivity contribution in [3.05, 3.63) is 35.9 Å². The molecule has 1 aromatic rings. The molecule has 1 aliphatic heterocycles. The summed E-state index contributed by atoms with van der Waals surface area (Å²) >= 11 is 4.82. The lowest BCUT2D eigenvalue weighted by Gasteiger charge is -2.14. The summed E-state index contributed by atoms with van der Waals surface area (Å²) in [5.74, 6) is -0.457. The van der Waals surface area contributed by atoms with Gasteiger partial charge in [0.05, 0.1) is 6.61 Å². The van der Waals surface area contributed by atoms with Crippen LogP contribution in [0, 0.1) is 0 Å². The smallest absolute Gasteiger partial charge is 0.354 e. The van der Waals surface area contributed by atoms with E-state index in [1.807, 2.05) is 30.3 Å². The van der Waals surface area contributed by atoms with E-state index < -0.39 is 18.2 Å². The lowest BCUT2D eigenvalue weighted by Crippen LogP contribution is -2.28. The van der Waals surface area contributed by atoms with Gasteiger partial charge in [-0.25, -0.2) is 4.79 Å². The highest BCUT2D eigenvalue weighted by atomic mass is 32.1. The van der Waals surface area contributed by atoms with Crippen molar-refractivity contribution in [3.63, 3.8) is 0 Å². The van der Waals surface area contributed by atoms with Crippen LogP contribution >= 0.6 is 12.2 Å².